The van der Waals surface area contributed by atoms with Crippen molar-refractivity contribution in [3.05, 3.63) is 36.9 Å². The minimum atomic E-state index is -0.473. The number of hydrogen-bond acceptors (Lipinski definition) is 4. The average molecular weight is 322 g/mol. The van der Waals surface area contributed by atoms with Crippen LogP contribution in [0, 0.1) is 0 Å². The zero-order valence-electron chi connectivity index (χ0n) is 13.8. The van der Waals surface area contributed by atoms with Crippen molar-refractivity contribution >= 4 is 0 Å². The van der Waals surface area contributed by atoms with E-state index in [1.165, 1.54) is 4.90 Å². The van der Waals surface area contributed by atoms with Crippen LogP contribution < -0.4 is 4.90 Å². The van der Waals surface area contributed by atoms with Crippen molar-refractivity contribution in [2.45, 2.75) is 45.1 Å². The summed E-state index contributed by atoms with van der Waals surface area (Å²) >= 11 is 0. The van der Waals surface area contributed by atoms with Gasteiger partial charge in [-0.05, 0) is 18.6 Å². The van der Waals surface area contributed by atoms with E-state index in [9.17, 15) is 10.2 Å². The molecule has 0 aliphatic heterocycles. The third-order valence-electron chi connectivity index (χ3n) is 3.85. The van der Waals surface area contributed by atoms with E-state index in [0.29, 0.717) is 26.2 Å². The Kier molecular flexibility index (Phi) is 7.25. The van der Waals surface area contributed by atoms with Gasteiger partial charge >= 0.3 is 0 Å². The molecule has 3 atom stereocenters. The van der Waals surface area contributed by atoms with Crippen LogP contribution in [0.2, 0.25) is 0 Å². The zero-order valence-corrected chi connectivity index (χ0v) is 13.8. The number of unbranched alkanes of at least 4 members (excludes halogenated alkanes) is 1. The van der Waals surface area contributed by atoms with Gasteiger partial charge in [-0.25, -0.2) is 0 Å². The maximum absolute atomic E-state index is 10.3. The molecule has 2 rings (SSSR count). The lowest BCUT2D eigenvalue weighted by Crippen LogP contribution is -3.14. The first-order valence-electron chi connectivity index (χ1n) is 8.32. The van der Waals surface area contributed by atoms with E-state index < -0.39 is 12.2 Å². The summed E-state index contributed by atoms with van der Waals surface area (Å²) in [5.74, 6) is 0. The van der Waals surface area contributed by atoms with Crippen LogP contribution in [0.5, 0.6) is 0 Å². The third-order valence-corrected chi connectivity index (χ3v) is 3.85. The van der Waals surface area contributed by atoms with E-state index in [1.54, 1.807) is 21.8 Å². The summed E-state index contributed by atoms with van der Waals surface area (Å²) < 4.78 is 3.48. The molecule has 0 radical (unpaired) electrons. The van der Waals surface area contributed by atoms with Crippen LogP contribution in [-0.2, 0) is 13.1 Å². The SMILES string of the molecule is CCCC[NH+](C[C@H](O)Cn1cccn1)C[C@@H](O)Cn1cccn1. The Morgan fingerprint density at radius 2 is 1.48 bits per heavy atom. The molecule has 0 fully saturated rings. The quantitative estimate of drug-likeness (QED) is 0.505. The fourth-order valence-electron chi connectivity index (χ4n) is 2.76. The van der Waals surface area contributed by atoms with Crippen LogP contribution in [0.1, 0.15) is 19.8 Å². The Balaban J connectivity index is 1.82. The van der Waals surface area contributed by atoms with Crippen LogP contribution in [0.3, 0.4) is 0 Å². The fourth-order valence-corrected chi connectivity index (χ4v) is 2.76. The number of aliphatic hydroxyl groups is 2. The molecule has 7 nitrogen and oxygen atoms in total. The van der Waals surface area contributed by atoms with Gasteiger partial charge in [0.15, 0.2) is 0 Å². The van der Waals surface area contributed by atoms with Gasteiger partial charge in [0.2, 0.25) is 0 Å². The monoisotopic (exact) mass is 322 g/mol. The smallest absolute Gasteiger partial charge is 0.122 e. The van der Waals surface area contributed by atoms with Gasteiger partial charge in [0.25, 0.3) is 0 Å². The largest absolute Gasteiger partial charge is 0.385 e. The normalized spacial score (nSPS) is 15.4. The molecule has 1 unspecified atom stereocenters. The van der Waals surface area contributed by atoms with Gasteiger partial charge in [0.05, 0.1) is 19.6 Å². The van der Waals surface area contributed by atoms with Gasteiger partial charge in [0, 0.05) is 24.8 Å². The number of nitrogens with one attached hydrogen (secondary N) is 1. The van der Waals surface area contributed by atoms with Crippen LogP contribution in [0.25, 0.3) is 0 Å². The second-order valence-electron chi connectivity index (χ2n) is 6.03. The predicted octanol–water partition coefficient (Wildman–Crippen LogP) is -0.813. The van der Waals surface area contributed by atoms with Gasteiger partial charge in [0.1, 0.15) is 25.3 Å². The molecule has 2 aromatic rings. The summed E-state index contributed by atoms with van der Waals surface area (Å²) in [5, 5.41) is 28.8. The molecule has 0 spiro atoms. The van der Waals surface area contributed by atoms with Gasteiger partial charge in [-0.15, -0.1) is 0 Å². The molecule has 128 valence electrons. The Hall–Kier alpha value is -1.70. The van der Waals surface area contributed by atoms with Crippen LogP contribution in [0.4, 0.5) is 0 Å². The summed E-state index contributed by atoms with van der Waals surface area (Å²) in [5.41, 5.74) is 0. The molecule has 0 saturated heterocycles. The van der Waals surface area contributed by atoms with Crippen molar-refractivity contribution in [1.29, 1.82) is 0 Å². The number of rotatable bonds is 11. The van der Waals surface area contributed by atoms with Crippen LogP contribution >= 0.6 is 0 Å². The van der Waals surface area contributed by atoms with E-state index in [0.717, 1.165) is 19.4 Å². The highest BCUT2D eigenvalue weighted by molar-refractivity contribution is 4.79. The van der Waals surface area contributed by atoms with E-state index in [1.807, 2.05) is 24.5 Å². The van der Waals surface area contributed by atoms with Gasteiger partial charge in [-0.2, -0.15) is 10.2 Å². The summed E-state index contributed by atoms with van der Waals surface area (Å²) in [6, 6.07) is 3.70. The summed E-state index contributed by atoms with van der Waals surface area (Å²) in [7, 11) is 0. The number of aromatic nitrogens is 4. The molecule has 23 heavy (non-hydrogen) atoms. The second-order valence-corrected chi connectivity index (χ2v) is 6.03. The van der Waals surface area contributed by atoms with E-state index in [4.69, 9.17) is 0 Å². The van der Waals surface area contributed by atoms with E-state index in [-0.39, 0.29) is 0 Å². The maximum atomic E-state index is 10.3. The summed E-state index contributed by atoms with van der Waals surface area (Å²) in [6.07, 6.45) is 8.36. The molecule has 0 aliphatic rings. The Labute approximate surface area is 137 Å². The molecule has 0 aliphatic carbocycles. The first-order valence-corrected chi connectivity index (χ1v) is 8.32. The average Bonchev–Trinajstić information content (AvgIpc) is 3.18. The van der Waals surface area contributed by atoms with Crippen molar-refractivity contribution < 1.29 is 15.1 Å². The molecule has 0 saturated carbocycles. The second kappa shape index (κ2) is 9.44. The zero-order chi connectivity index (χ0) is 16.5. The molecular formula is C16H28N5O2+. The minimum Gasteiger partial charge on any atom is -0.385 e. The fraction of sp³-hybridized carbons (Fsp3) is 0.625. The van der Waals surface area contributed by atoms with Crippen molar-refractivity contribution in [2.24, 2.45) is 0 Å². The highest BCUT2D eigenvalue weighted by Crippen LogP contribution is 1.92. The standard InChI is InChI=1S/C16H27N5O2/c1-2-3-8-19(11-15(22)13-20-9-4-6-17-20)12-16(23)14-21-10-5-7-18-21/h4-7,9-10,15-16,22-23H,2-3,8,11-14H2,1H3/p+1/t15-,16+. The number of hydrogen-bond donors (Lipinski definition) is 3. The third kappa shape index (κ3) is 6.52. The van der Waals surface area contributed by atoms with E-state index >= 15 is 0 Å². The van der Waals surface area contributed by atoms with Crippen molar-refractivity contribution in [3.63, 3.8) is 0 Å². The molecule has 0 bridgehead atoms. The van der Waals surface area contributed by atoms with Crippen LogP contribution in [-0.4, -0.2) is 61.6 Å². The molecular weight excluding hydrogens is 294 g/mol. The Morgan fingerprint density at radius 3 is 1.87 bits per heavy atom. The lowest BCUT2D eigenvalue weighted by Gasteiger charge is -2.24. The topological polar surface area (TPSA) is 80.5 Å². The number of quaternary nitrogens is 1. The van der Waals surface area contributed by atoms with Gasteiger partial charge in [-0.3, -0.25) is 9.36 Å². The molecule has 7 heteroatoms. The number of nitrogens with zero attached hydrogens (tertiary/aromatic N) is 4. The maximum Gasteiger partial charge on any atom is 0.122 e. The number of aliphatic hydroxyl groups excluding tert-OH is 2. The lowest BCUT2D eigenvalue weighted by atomic mass is 10.2. The first kappa shape index (κ1) is 17.7. The minimum absolute atomic E-state index is 0.473. The first-order chi connectivity index (χ1) is 11.2. The highest BCUT2D eigenvalue weighted by Gasteiger charge is 2.19. The summed E-state index contributed by atoms with van der Waals surface area (Å²) in [4.78, 5) is 1.21. The highest BCUT2D eigenvalue weighted by atomic mass is 16.3. The predicted molar refractivity (Wildman–Crippen MR) is 86.9 cm³/mol. The molecule has 2 heterocycles. The van der Waals surface area contributed by atoms with Gasteiger partial charge < -0.3 is 15.1 Å². The Bertz CT molecular complexity index is 470. The lowest BCUT2D eigenvalue weighted by molar-refractivity contribution is -0.906. The molecule has 0 amide bonds. The van der Waals surface area contributed by atoms with Crippen molar-refractivity contribution in [2.75, 3.05) is 19.6 Å². The van der Waals surface area contributed by atoms with E-state index in [2.05, 4.69) is 17.1 Å². The summed E-state index contributed by atoms with van der Waals surface area (Å²) in [6.45, 7) is 5.28. The van der Waals surface area contributed by atoms with Crippen LogP contribution in [0.15, 0.2) is 36.9 Å². The molecule has 2 aromatic heterocycles. The molecule has 3 N–H and O–H groups in total. The molecule has 0 aromatic carbocycles. The van der Waals surface area contributed by atoms with Crippen molar-refractivity contribution in [3.8, 4) is 0 Å². The van der Waals surface area contributed by atoms with Crippen molar-refractivity contribution in [1.82, 2.24) is 19.6 Å². The van der Waals surface area contributed by atoms with Gasteiger partial charge in [-0.1, -0.05) is 13.3 Å². The Morgan fingerprint density at radius 1 is 0.957 bits per heavy atom.